The standard InChI is InChI=1S/C20H17BrF2N2O2/c1-12(14-4-2-3-5-16(14)21)25-19(26)8-9-20-24-11-18(27-20)15-7-6-13(22)10-17(15)23/h2-7,10-12H,8-9H2,1H3,(H,25,26)/t12-/m0/s1. The van der Waals surface area contributed by atoms with Gasteiger partial charge in [-0.1, -0.05) is 34.1 Å². The van der Waals surface area contributed by atoms with Crippen molar-refractivity contribution < 1.29 is 18.0 Å². The molecule has 1 N–H and O–H groups in total. The lowest BCUT2D eigenvalue weighted by Gasteiger charge is -2.15. The lowest BCUT2D eigenvalue weighted by atomic mass is 10.1. The van der Waals surface area contributed by atoms with Gasteiger partial charge in [-0.3, -0.25) is 4.79 Å². The van der Waals surface area contributed by atoms with Gasteiger partial charge in [-0.05, 0) is 30.7 Å². The normalized spacial score (nSPS) is 12.0. The second-order valence-electron chi connectivity index (χ2n) is 6.05. The molecule has 0 aliphatic heterocycles. The van der Waals surface area contributed by atoms with Gasteiger partial charge in [0, 0.05) is 23.4 Å². The highest BCUT2D eigenvalue weighted by Crippen LogP contribution is 2.25. The third-order valence-corrected chi connectivity index (χ3v) is 4.79. The van der Waals surface area contributed by atoms with Crippen LogP contribution in [-0.4, -0.2) is 10.9 Å². The molecule has 7 heteroatoms. The largest absolute Gasteiger partial charge is 0.441 e. The van der Waals surface area contributed by atoms with Crippen LogP contribution in [0.5, 0.6) is 0 Å². The zero-order valence-electron chi connectivity index (χ0n) is 14.5. The van der Waals surface area contributed by atoms with E-state index in [-0.39, 0.29) is 36.1 Å². The van der Waals surface area contributed by atoms with Gasteiger partial charge in [0.15, 0.2) is 11.7 Å². The minimum Gasteiger partial charge on any atom is -0.441 e. The fourth-order valence-electron chi connectivity index (χ4n) is 2.68. The van der Waals surface area contributed by atoms with Crippen LogP contribution in [0.4, 0.5) is 8.78 Å². The maximum absolute atomic E-state index is 13.8. The van der Waals surface area contributed by atoms with Gasteiger partial charge in [0.2, 0.25) is 5.91 Å². The molecular weight excluding hydrogens is 418 g/mol. The Balaban J connectivity index is 1.58. The van der Waals surface area contributed by atoms with Gasteiger partial charge in [-0.15, -0.1) is 0 Å². The topological polar surface area (TPSA) is 55.1 Å². The maximum Gasteiger partial charge on any atom is 0.220 e. The minimum atomic E-state index is -0.724. The van der Waals surface area contributed by atoms with E-state index in [0.29, 0.717) is 5.89 Å². The second kappa shape index (κ2) is 8.43. The number of hydrogen-bond donors (Lipinski definition) is 1. The zero-order chi connectivity index (χ0) is 19.4. The van der Waals surface area contributed by atoms with E-state index >= 15 is 0 Å². The molecule has 0 spiro atoms. The first-order valence-corrected chi connectivity index (χ1v) is 9.17. The summed E-state index contributed by atoms with van der Waals surface area (Å²) >= 11 is 3.47. The van der Waals surface area contributed by atoms with E-state index in [4.69, 9.17) is 4.42 Å². The summed E-state index contributed by atoms with van der Waals surface area (Å²) in [5.41, 5.74) is 1.11. The first-order chi connectivity index (χ1) is 12.9. The Labute approximate surface area is 163 Å². The average Bonchev–Trinajstić information content (AvgIpc) is 3.09. The van der Waals surface area contributed by atoms with Gasteiger partial charge in [-0.25, -0.2) is 13.8 Å². The third kappa shape index (κ3) is 4.80. The van der Waals surface area contributed by atoms with Crippen molar-refractivity contribution in [3.05, 3.63) is 76.2 Å². The first-order valence-electron chi connectivity index (χ1n) is 8.38. The highest BCUT2D eigenvalue weighted by Gasteiger charge is 2.15. The number of carbonyl (C=O) groups excluding carboxylic acids is 1. The summed E-state index contributed by atoms with van der Waals surface area (Å²) in [7, 11) is 0. The Morgan fingerprint density at radius 2 is 2.04 bits per heavy atom. The van der Waals surface area contributed by atoms with Crippen LogP contribution in [0.1, 0.15) is 30.8 Å². The lowest BCUT2D eigenvalue weighted by molar-refractivity contribution is -0.121. The summed E-state index contributed by atoms with van der Waals surface area (Å²) in [6.07, 6.45) is 1.82. The van der Waals surface area contributed by atoms with Gasteiger partial charge in [-0.2, -0.15) is 0 Å². The Kier molecular flexibility index (Phi) is 6.01. The van der Waals surface area contributed by atoms with E-state index in [1.165, 1.54) is 12.3 Å². The van der Waals surface area contributed by atoms with Crippen LogP contribution in [0.25, 0.3) is 11.3 Å². The number of rotatable bonds is 6. The molecule has 4 nitrogen and oxygen atoms in total. The van der Waals surface area contributed by atoms with Crippen molar-refractivity contribution >= 4 is 21.8 Å². The number of aryl methyl sites for hydroxylation is 1. The van der Waals surface area contributed by atoms with Crippen LogP contribution in [0.3, 0.4) is 0 Å². The van der Waals surface area contributed by atoms with Gasteiger partial charge >= 0.3 is 0 Å². The fraction of sp³-hybridized carbons (Fsp3) is 0.200. The van der Waals surface area contributed by atoms with Crippen molar-refractivity contribution in [3.63, 3.8) is 0 Å². The van der Waals surface area contributed by atoms with Crippen molar-refractivity contribution in [2.45, 2.75) is 25.8 Å². The van der Waals surface area contributed by atoms with E-state index in [1.54, 1.807) is 0 Å². The predicted molar refractivity (Wildman–Crippen MR) is 101 cm³/mol. The number of oxazole rings is 1. The molecule has 0 bridgehead atoms. The number of hydrogen-bond acceptors (Lipinski definition) is 3. The Hall–Kier alpha value is -2.54. The summed E-state index contributed by atoms with van der Waals surface area (Å²) in [6.45, 7) is 1.90. The van der Waals surface area contributed by atoms with Crippen LogP contribution in [-0.2, 0) is 11.2 Å². The van der Waals surface area contributed by atoms with E-state index in [2.05, 4.69) is 26.2 Å². The van der Waals surface area contributed by atoms with Crippen molar-refractivity contribution in [2.24, 2.45) is 0 Å². The molecule has 2 aromatic carbocycles. The van der Waals surface area contributed by atoms with Crippen LogP contribution in [0, 0.1) is 11.6 Å². The number of aromatic nitrogens is 1. The summed E-state index contributed by atoms with van der Waals surface area (Å²) in [6, 6.07) is 10.7. The van der Waals surface area contributed by atoms with Crippen LogP contribution < -0.4 is 5.32 Å². The molecule has 27 heavy (non-hydrogen) atoms. The molecule has 0 unspecified atom stereocenters. The van der Waals surface area contributed by atoms with Crippen molar-refractivity contribution in [2.75, 3.05) is 0 Å². The lowest BCUT2D eigenvalue weighted by Crippen LogP contribution is -2.27. The Bertz CT molecular complexity index is 959. The van der Waals surface area contributed by atoms with E-state index in [0.717, 1.165) is 22.2 Å². The fourth-order valence-corrected chi connectivity index (χ4v) is 3.31. The highest BCUT2D eigenvalue weighted by atomic mass is 79.9. The van der Waals surface area contributed by atoms with Gasteiger partial charge < -0.3 is 9.73 Å². The van der Waals surface area contributed by atoms with Crippen molar-refractivity contribution in [3.8, 4) is 11.3 Å². The SMILES string of the molecule is C[C@H](NC(=O)CCc1ncc(-c2ccc(F)cc2F)o1)c1ccccc1Br. The molecular formula is C20H17BrF2N2O2. The molecule has 0 radical (unpaired) electrons. The summed E-state index contributed by atoms with van der Waals surface area (Å²) in [4.78, 5) is 16.2. The molecule has 0 saturated carbocycles. The number of nitrogens with one attached hydrogen (secondary N) is 1. The molecule has 1 aromatic heterocycles. The smallest absolute Gasteiger partial charge is 0.220 e. The molecule has 1 amide bonds. The number of halogens is 3. The first kappa shape index (κ1) is 19.2. The zero-order valence-corrected chi connectivity index (χ0v) is 16.1. The van der Waals surface area contributed by atoms with Crippen LogP contribution in [0.15, 0.2) is 57.6 Å². The maximum atomic E-state index is 13.8. The van der Waals surface area contributed by atoms with E-state index in [9.17, 15) is 13.6 Å². The summed E-state index contributed by atoms with van der Waals surface area (Å²) in [5.74, 6) is -1.02. The van der Waals surface area contributed by atoms with Crippen LogP contribution >= 0.6 is 15.9 Å². The molecule has 1 heterocycles. The average molecular weight is 435 g/mol. The third-order valence-electron chi connectivity index (χ3n) is 4.07. The summed E-state index contributed by atoms with van der Waals surface area (Å²) < 4.78 is 33.2. The minimum absolute atomic E-state index is 0.127. The van der Waals surface area contributed by atoms with Crippen molar-refractivity contribution in [1.82, 2.24) is 10.3 Å². The molecule has 3 aromatic rings. The molecule has 0 saturated heterocycles. The number of amides is 1. The molecule has 1 atom stereocenters. The molecule has 3 rings (SSSR count). The second-order valence-corrected chi connectivity index (χ2v) is 6.91. The molecule has 0 aliphatic rings. The van der Waals surface area contributed by atoms with Gasteiger partial charge in [0.1, 0.15) is 11.6 Å². The van der Waals surface area contributed by atoms with Crippen LogP contribution in [0.2, 0.25) is 0 Å². The Morgan fingerprint density at radius 3 is 2.78 bits per heavy atom. The predicted octanol–water partition coefficient (Wildman–Crippen LogP) is 5.19. The molecule has 0 fully saturated rings. The van der Waals surface area contributed by atoms with E-state index < -0.39 is 11.6 Å². The highest BCUT2D eigenvalue weighted by molar-refractivity contribution is 9.10. The quantitative estimate of drug-likeness (QED) is 0.580. The van der Waals surface area contributed by atoms with Gasteiger partial charge in [0.05, 0.1) is 17.8 Å². The number of nitrogens with zero attached hydrogens (tertiary/aromatic N) is 1. The number of benzene rings is 2. The van der Waals surface area contributed by atoms with Gasteiger partial charge in [0.25, 0.3) is 0 Å². The monoisotopic (exact) mass is 434 g/mol. The summed E-state index contributed by atoms with van der Waals surface area (Å²) in [5, 5.41) is 2.92. The number of carbonyl (C=O) groups is 1. The molecule has 140 valence electrons. The Morgan fingerprint density at radius 1 is 1.26 bits per heavy atom. The molecule has 0 aliphatic carbocycles. The van der Waals surface area contributed by atoms with E-state index in [1.807, 2.05) is 31.2 Å². The van der Waals surface area contributed by atoms with Crippen molar-refractivity contribution in [1.29, 1.82) is 0 Å².